The molecule has 24 heavy (non-hydrogen) atoms. The van der Waals surface area contributed by atoms with Crippen molar-refractivity contribution in [3.8, 4) is 0 Å². The molecule has 0 bridgehead atoms. The lowest BCUT2D eigenvalue weighted by molar-refractivity contribution is -0.123. The van der Waals surface area contributed by atoms with Crippen LogP contribution in [0.1, 0.15) is 31.9 Å². The van der Waals surface area contributed by atoms with Crippen LogP contribution < -0.4 is 5.32 Å². The van der Waals surface area contributed by atoms with Gasteiger partial charge in [0.25, 0.3) is 0 Å². The third-order valence-electron chi connectivity index (χ3n) is 4.41. The van der Waals surface area contributed by atoms with Crippen LogP contribution in [0.2, 0.25) is 10.0 Å². The van der Waals surface area contributed by atoms with Crippen LogP contribution >= 0.6 is 23.2 Å². The number of likely N-dealkylation sites (N-methyl/N-ethyl adjacent to an activating group) is 1. The van der Waals surface area contributed by atoms with Crippen molar-refractivity contribution in [1.82, 2.24) is 10.2 Å². The van der Waals surface area contributed by atoms with Crippen LogP contribution in [-0.4, -0.2) is 49.9 Å². The monoisotopic (exact) mass is 392 g/mol. The average Bonchev–Trinajstić information content (AvgIpc) is 2.71. The Kier molecular flexibility index (Phi) is 5.85. The minimum absolute atomic E-state index is 0.00593. The van der Waals surface area contributed by atoms with Crippen LogP contribution in [0.25, 0.3) is 0 Å². The van der Waals surface area contributed by atoms with Crippen molar-refractivity contribution in [1.29, 1.82) is 0 Å². The van der Waals surface area contributed by atoms with Gasteiger partial charge in [-0.1, -0.05) is 29.3 Å². The number of carbonyl (C=O) groups is 1. The number of hydrogen-bond acceptors (Lipinski definition) is 4. The van der Waals surface area contributed by atoms with Crippen molar-refractivity contribution < 1.29 is 13.2 Å². The molecule has 1 aromatic rings. The van der Waals surface area contributed by atoms with Gasteiger partial charge in [-0.25, -0.2) is 8.42 Å². The Morgan fingerprint density at radius 3 is 2.62 bits per heavy atom. The van der Waals surface area contributed by atoms with Gasteiger partial charge in [-0.15, -0.1) is 0 Å². The maximum absolute atomic E-state index is 12.3. The Bertz CT molecular complexity index is 739. The summed E-state index contributed by atoms with van der Waals surface area (Å²) < 4.78 is 23.2. The molecule has 2 atom stereocenters. The van der Waals surface area contributed by atoms with Gasteiger partial charge in [0, 0.05) is 16.1 Å². The molecule has 134 valence electrons. The number of hydrogen-bond donors (Lipinski definition) is 1. The maximum Gasteiger partial charge on any atom is 0.234 e. The van der Waals surface area contributed by atoms with Crippen LogP contribution in [0.15, 0.2) is 18.2 Å². The van der Waals surface area contributed by atoms with Crippen LogP contribution in [0, 0.1) is 0 Å². The molecule has 1 amide bonds. The molecule has 2 unspecified atom stereocenters. The fraction of sp³-hybridized carbons (Fsp3) is 0.562. The third kappa shape index (κ3) is 4.85. The summed E-state index contributed by atoms with van der Waals surface area (Å²) in [6.45, 7) is 3.87. The topological polar surface area (TPSA) is 66.5 Å². The zero-order chi connectivity index (χ0) is 18.1. The molecule has 1 aliphatic heterocycles. The van der Waals surface area contributed by atoms with E-state index in [4.69, 9.17) is 23.2 Å². The molecule has 1 fully saturated rings. The molecule has 1 N–H and O–H groups in total. The number of carbonyl (C=O) groups excluding carboxylic acids is 1. The molecule has 8 heteroatoms. The highest BCUT2D eigenvalue weighted by Gasteiger charge is 2.39. The number of amides is 1. The fourth-order valence-corrected chi connectivity index (χ4v) is 5.59. The fourth-order valence-electron chi connectivity index (χ4n) is 2.93. The highest BCUT2D eigenvalue weighted by Crippen LogP contribution is 2.29. The minimum Gasteiger partial charge on any atom is -0.349 e. The quantitative estimate of drug-likeness (QED) is 0.836. The van der Waals surface area contributed by atoms with E-state index in [0.29, 0.717) is 16.5 Å². The van der Waals surface area contributed by atoms with Crippen LogP contribution in [-0.2, 0) is 14.6 Å². The van der Waals surface area contributed by atoms with E-state index < -0.39 is 15.4 Å². The molecule has 1 saturated heterocycles. The highest BCUT2D eigenvalue weighted by molar-refractivity contribution is 7.91. The summed E-state index contributed by atoms with van der Waals surface area (Å²) in [6, 6.07) is 5.19. The Labute approximate surface area is 153 Å². The molecule has 2 rings (SSSR count). The molecule has 0 radical (unpaired) electrons. The van der Waals surface area contributed by atoms with E-state index in [1.54, 1.807) is 19.1 Å². The van der Waals surface area contributed by atoms with E-state index >= 15 is 0 Å². The lowest BCUT2D eigenvalue weighted by Crippen LogP contribution is -2.50. The van der Waals surface area contributed by atoms with Gasteiger partial charge in [0.2, 0.25) is 5.91 Å². The number of rotatable bonds is 5. The van der Waals surface area contributed by atoms with Gasteiger partial charge in [-0.3, -0.25) is 9.69 Å². The smallest absolute Gasteiger partial charge is 0.234 e. The molecule has 0 aliphatic carbocycles. The number of nitrogens with zero attached hydrogens (tertiary/aromatic N) is 1. The zero-order valence-corrected chi connectivity index (χ0v) is 16.3. The van der Waals surface area contributed by atoms with Gasteiger partial charge < -0.3 is 5.32 Å². The Morgan fingerprint density at radius 2 is 2.08 bits per heavy atom. The van der Waals surface area contributed by atoms with Crippen molar-refractivity contribution in [3.05, 3.63) is 33.8 Å². The van der Waals surface area contributed by atoms with E-state index in [0.717, 1.165) is 5.56 Å². The number of sulfone groups is 1. The number of benzene rings is 1. The molecule has 1 aromatic carbocycles. The van der Waals surface area contributed by atoms with Crippen molar-refractivity contribution in [2.45, 2.75) is 31.8 Å². The molecule has 0 spiro atoms. The molecule has 1 heterocycles. The largest absolute Gasteiger partial charge is 0.349 e. The lowest BCUT2D eigenvalue weighted by Gasteiger charge is -2.29. The molecule has 0 aromatic heterocycles. The molecule has 0 saturated carbocycles. The van der Waals surface area contributed by atoms with Gasteiger partial charge in [0.15, 0.2) is 9.84 Å². The van der Waals surface area contributed by atoms with Gasteiger partial charge >= 0.3 is 0 Å². The van der Waals surface area contributed by atoms with Crippen LogP contribution in [0.4, 0.5) is 0 Å². The van der Waals surface area contributed by atoms with Gasteiger partial charge in [0.05, 0.1) is 23.6 Å². The number of halogens is 2. The van der Waals surface area contributed by atoms with Crippen molar-refractivity contribution in [3.63, 3.8) is 0 Å². The summed E-state index contributed by atoms with van der Waals surface area (Å²) in [4.78, 5) is 14.2. The van der Waals surface area contributed by atoms with E-state index in [1.165, 1.54) is 0 Å². The molecule has 1 aliphatic rings. The Balaban J connectivity index is 1.98. The summed E-state index contributed by atoms with van der Waals surface area (Å²) in [5.41, 5.74) is 0.198. The Morgan fingerprint density at radius 1 is 1.42 bits per heavy atom. The van der Waals surface area contributed by atoms with E-state index in [9.17, 15) is 13.2 Å². The van der Waals surface area contributed by atoms with Crippen LogP contribution in [0.5, 0.6) is 0 Å². The summed E-state index contributed by atoms with van der Waals surface area (Å²) in [6.07, 6.45) is 0.448. The first-order valence-electron chi connectivity index (χ1n) is 7.68. The first-order chi connectivity index (χ1) is 11.0. The number of nitrogens with one attached hydrogen (secondary N) is 1. The second kappa shape index (κ2) is 7.20. The van der Waals surface area contributed by atoms with Crippen molar-refractivity contribution >= 4 is 38.9 Å². The lowest BCUT2D eigenvalue weighted by atomic mass is 10.0. The predicted molar refractivity (Wildman–Crippen MR) is 97.3 cm³/mol. The normalized spacial score (nSPS) is 24.1. The van der Waals surface area contributed by atoms with Gasteiger partial charge in [-0.05, 0) is 45.0 Å². The molecular formula is C16H22Cl2N2O3S. The first-order valence-corrected chi connectivity index (χ1v) is 10.3. The molecule has 5 nitrogen and oxygen atoms in total. The highest BCUT2D eigenvalue weighted by atomic mass is 35.5. The van der Waals surface area contributed by atoms with E-state index in [1.807, 2.05) is 24.9 Å². The summed E-state index contributed by atoms with van der Waals surface area (Å²) in [5.74, 6) is -0.0845. The van der Waals surface area contributed by atoms with Crippen LogP contribution in [0.3, 0.4) is 0 Å². The van der Waals surface area contributed by atoms with Crippen molar-refractivity contribution in [2.24, 2.45) is 0 Å². The van der Waals surface area contributed by atoms with E-state index in [-0.39, 0.29) is 30.0 Å². The van der Waals surface area contributed by atoms with Crippen molar-refractivity contribution in [2.75, 3.05) is 25.1 Å². The summed E-state index contributed by atoms with van der Waals surface area (Å²) >= 11 is 12.1. The minimum atomic E-state index is -3.06. The molecular weight excluding hydrogens is 371 g/mol. The average molecular weight is 393 g/mol. The zero-order valence-electron chi connectivity index (χ0n) is 14.0. The SMILES string of the molecule is CC(c1ccc(Cl)cc1Cl)N(C)CC(=O)NC1(C)CCS(=O)(=O)C1. The second-order valence-corrected chi connectivity index (χ2v) is 9.74. The maximum atomic E-state index is 12.3. The third-order valence-corrected chi connectivity index (χ3v) is 6.88. The van der Waals surface area contributed by atoms with Gasteiger partial charge in [-0.2, -0.15) is 0 Å². The summed E-state index contributed by atoms with van der Waals surface area (Å²) in [5, 5.41) is 3.97. The predicted octanol–water partition coefficient (Wildman–Crippen LogP) is 2.68. The van der Waals surface area contributed by atoms with E-state index in [2.05, 4.69) is 5.32 Å². The second-order valence-electron chi connectivity index (χ2n) is 6.71. The van der Waals surface area contributed by atoms with Gasteiger partial charge in [0.1, 0.15) is 0 Å². The summed E-state index contributed by atoms with van der Waals surface area (Å²) in [7, 11) is -1.23. The Hall–Kier alpha value is -0.820. The first kappa shape index (κ1) is 19.5. The standard InChI is InChI=1S/C16H22Cl2N2O3S/c1-11(13-5-4-12(17)8-14(13)18)20(3)9-15(21)19-16(2)6-7-24(22,23)10-16/h4-5,8,11H,6-7,9-10H2,1-3H3,(H,19,21).